The summed E-state index contributed by atoms with van der Waals surface area (Å²) in [5.41, 5.74) is 10.3. The number of nitrogens with zero attached hydrogens (tertiary/aromatic N) is 2. The number of anilines is 1. The second kappa shape index (κ2) is 9.82. The number of hydrogen-bond donors (Lipinski definition) is 0. The van der Waals surface area contributed by atoms with E-state index in [1.165, 1.54) is 104 Å². The van der Waals surface area contributed by atoms with E-state index in [-0.39, 0.29) is 0 Å². The van der Waals surface area contributed by atoms with E-state index >= 15 is 0 Å². The fourth-order valence-corrected chi connectivity index (χ4v) is 6.47. The van der Waals surface area contributed by atoms with Gasteiger partial charge in [0.1, 0.15) is 25.1 Å². The van der Waals surface area contributed by atoms with E-state index < -0.39 is 0 Å². The molecule has 0 spiro atoms. The fraction of sp³-hybridized carbons (Fsp3) is 0.452. The highest BCUT2D eigenvalue weighted by Crippen LogP contribution is 2.40. The first-order valence-electron chi connectivity index (χ1n) is 13.5. The Morgan fingerprint density at radius 1 is 0.824 bits per heavy atom. The van der Waals surface area contributed by atoms with E-state index in [1.807, 2.05) is 0 Å². The standard InChI is InChI=1S/C31H37N2O/c1-2-9-24(10-3-1)11-4-12-25-13-5-19-32-20-7-15-27(30(25)32)23-34-29-18-17-26-14-6-21-33-22-8-16-28(29)31(26)33/h1-3,9-10,12,17-18,23H,4-8,11,13-16,19-22H2/q+1/b25-12-,27-23+. The van der Waals surface area contributed by atoms with Crippen molar-refractivity contribution in [1.82, 2.24) is 0 Å². The van der Waals surface area contributed by atoms with Crippen molar-refractivity contribution >= 4 is 11.4 Å². The Bertz CT molecular complexity index is 1140. The average Bonchev–Trinajstić information content (AvgIpc) is 2.89. The Hall–Kier alpha value is -2.81. The first-order chi connectivity index (χ1) is 16.9. The number of rotatable bonds is 5. The molecule has 0 unspecified atom stereocenters. The molecule has 2 aromatic carbocycles. The van der Waals surface area contributed by atoms with E-state index in [0.29, 0.717) is 0 Å². The monoisotopic (exact) mass is 453 g/mol. The van der Waals surface area contributed by atoms with Crippen LogP contribution in [0.3, 0.4) is 0 Å². The van der Waals surface area contributed by atoms with E-state index in [1.54, 1.807) is 0 Å². The summed E-state index contributed by atoms with van der Waals surface area (Å²) in [5, 5.41) is 0. The Morgan fingerprint density at radius 3 is 2.47 bits per heavy atom. The van der Waals surface area contributed by atoms with Crippen LogP contribution in [0.5, 0.6) is 5.75 Å². The van der Waals surface area contributed by atoms with E-state index in [0.717, 1.165) is 31.4 Å². The molecular weight excluding hydrogens is 416 g/mol. The van der Waals surface area contributed by atoms with Crippen LogP contribution in [0.2, 0.25) is 0 Å². The Balaban J connectivity index is 1.25. The lowest BCUT2D eigenvalue weighted by Crippen LogP contribution is -2.35. The number of ether oxygens (including phenoxy) is 1. The molecule has 4 aliphatic rings. The molecule has 0 aliphatic carbocycles. The first-order valence-corrected chi connectivity index (χ1v) is 13.5. The van der Waals surface area contributed by atoms with E-state index in [9.17, 15) is 0 Å². The SMILES string of the molecule is C(/CCc1ccccc1)=C1\CCC[N+]2=C1/C(=C/Oc1ccc3c4c1CCCN4CCC3)CCC2. The zero-order chi connectivity index (χ0) is 22.7. The second-order valence-corrected chi connectivity index (χ2v) is 10.3. The van der Waals surface area contributed by atoms with Gasteiger partial charge in [0, 0.05) is 42.8 Å². The minimum Gasteiger partial charge on any atom is -0.464 e. The van der Waals surface area contributed by atoms with Crippen LogP contribution >= 0.6 is 0 Å². The highest BCUT2D eigenvalue weighted by atomic mass is 16.5. The van der Waals surface area contributed by atoms with Gasteiger partial charge in [0.25, 0.3) is 0 Å². The molecule has 3 nitrogen and oxygen atoms in total. The molecule has 0 radical (unpaired) electrons. The molecule has 2 aromatic rings. The third-order valence-corrected chi connectivity index (χ3v) is 8.04. The minimum atomic E-state index is 1.08. The zero-order valence-electron chi connectivity index (χ0n) is 20.4. The van der Waals surface area contributed by atoms with Crippen LogP contribution in [-0.4, -0.2) is 36.5 Å². The van der Waals surface area contributed by atoms with Crippen molar-refractivity contribution in [3.63, 3.8) is 0 Å². The third kappa shape index (κ3) is 4.33. The Kier molecular flexibility index (Phi) is 6.27. The summed E-state index contributed by atoms with van der Waals surface area (Å²) in [6.07, 6.45) is 16.5. The molecule has 176 valence electrons. The molecule has 3 heteroatoms. The number of hydrogen-bond acceptors (Lipinski definition) is 2. The molecular formula is C31H37N2O+. The minimum absolute atomic E-state index is 1.08. The summed E-state index contributed by atoms with van der Waals surface area (Å²) in [6.45, 7) is 4.77. The Labute approximate surface area is 204 Å². The van der Waals surface area contributed by atoms with Crippen LogP contribution in [0.4, 0.5) is 5.69 Å². The van der Waals surface area contributed by atoms with Gasteiger partial charge in [-0.25, -0.2) is 4.58 Å². The molecule has 0 N–H and O–H groups in total. The van der Waals surface area contributed by atoms with Crippen LogP contribution in [0.1, 0.15) is 61.6 Å². The predicted octanol–water partition coefficient (Wildman–Crippen LogP) is 6.25. The summed E-state index contributed by atoms with van der Waals surface area (Å²) in [5.74, 6) is 1.08. The molecule has 0 fully saturated rings. The highest BCUT2D eigenvalue weighted by Gasteiger charge is 2.32. The molecule has 6 rings (SSSR count). The van der Waals surface area contributed by atoms with Gasteiger partial charge in [-0.05, 0) is 68.6 Å². The average molecular weight is 454 g/mol. The molecule has 4 aliphatic heterocycles. The van der Waals surface area contributed by atoms with Gasteiger partial charge >= 0.3 is 0 Å². The second-order valence-electron chi connectivity index (χ2n) is 10.3. The van der Waals surface area contributed by atoms with Crippen molar-refractivity contribution < 1.29 is 9.31 Å². The maximum atomic E-state index is 6.52. The number of aryl methyl sites for hydroxylation is 2. The van der Waals surface area contributed by atoms with Gasteiger partial charge in [-0.1, -0.05) is 42.5 Å². The first kappa shape index (κ1) is 21.7. The van der Waals surface area contributed by atoms with E-state index in [2.05, 4.69) is 64.3 Å². The summed E-state index contributed by atoms with van der Waals surface area (Å²) < 4.78 is 9.14. The molecule has 4 heterocycles. The maximum Gasteiger partial charge on any atom is 0.209 e. The Morgan fingerprint density at radius 2 is 1.62 bits per heavy atom. The lowest BCUT2D eigenvalue weighted by Gasteiger charge is -2.37. The zero-order valence-corrected chi connectivity index (χ0v) is 20.4. The summed E-state index contributed by atoms with van der Waals surface area (Å²) in [7, 11) is 0. The van der Waals surface area contributed by atoms with Gasteiger partial charge in [0.05, 0.1) is 5.57 Å². The van der Waals surface area contributed by atoms with Crippen LogP contribution in [0.15, 0.2) is 65.9 Å². The molecule has 0 amide bonds. The fourth-order valence-electron chi connectivity index (χ4n) is 6.47. The van der Waals surface area contributed by atoms with Gasteiger partial charge in [0.2, 0.25) is 5.71 Å². The molecule has 0 bridgehead atoms. The van der Waals surface area contributed by atoms with Crippen molar-refractivity contribution in [1.29, 1.82) is 0 Å². The molecule has 34 heavy (non-hydrogen) atoms. The summed E-state index contributed by atoms with van der Waals surface area (Å²) >= 11 is 0. The van der Waals surface area contributed by atoms with Gasteiger partial charge in [-0.15, -0.1) is 0 Å². The van der Waals surface area contributed by atoms with Gasteiger partial charge < -0.3 is 9.64 Å². The van der Waals surface area contributed by atoms with Gasteiger partial charge in [0.15, 0.2) is 0 Å². The quantitative estimate of drug-likeness (QED) is 0.393. The number of allylic oxidation sites excluding steroid dienone is 3. The summed E-state index contributed by atoms with van der Waals surface area (Å²) in [4.78, 5) is 2.60. The largest absolute Gasteiger partial charge is 0.464 e. The predicted molar refractivity (Wildman–Crippen MR) is 140 cm³/mol. The lowest BCUT2D eigenvalue weighted by molar-refractivity contribution is -0.533. The maximum absolute atomic E-state index is 6.52. The smallest absolute Gasteiger partial charge is 0.209 e. The van der Waals surface area contributed by atoms with Crippen LogP contribution < -0.4 is 9.64 Å². The van der Waals surface area contributed by atoms with Crippen molar-refractivity contribution in [3.05, 3.63) is 82.6 Å². The van der Waals surface area contributed by atoms with E-state index in [4.69, 9.17) is 4.74 Å². The van der Waals surface area contributed by atoms with Crippen molar-refractivity contribution in [3.8, 4) is 5.75 Å². The van der Waals surface area contributed by atoms with Crippen molar-refractivity contribution in [2.75, 3.05) is 31.1 Å². The highest BCUT2D eigenvalue weighted by molar-refractivity contribution is 6.09. The molecule has 0 saturated carbocycles. The summed E-state index contributed by atoms with van der Waals surface area (Å²) in [6, 6.07) is 15.4. The molecule has 0 atom stereocenters. The van der Waals surface area contributed by atoms with Crippen LogP contribution in [0, 0.1) is 0 Å². The topological polar surface area (TPSA) is 15.5 Å². The van der Waals surface area contributed by atoms with Crippen molar-refractivity contribution in [2.24, 2.45) is 0 Å². The third-order valence-electron chi connectivity index (χ3n) is 8.04. The molecule has 0 saturated heterocycles. The van der Waals surface area contributed by atoms with Gasteiger partial charge in [-0.3, -0.25) is 0 Å². The van der Waals surface area contributed by atoms with Crippen molar-refractivity contribution in [2.45, 2.75) is 64.2 Å². The van der Waals surface area contributed by atoms with Crippen LogP contribution in [-0.2, 0) is 19.3 Å². The van der Waals surface area contributed by atoms with Gasteiger partial charge in [-0.2, -0.15) is 0 Å². The van der Waals surface area contributed by atoms with Crippen LogP contribution in [0.25, 0.3) is 0 Å². The number of benzene rings is 2. The molecule has 0 aromatic heterocycles. The normalized spacial score (nSPS) is 22.1. The lowest BCUT2D eigenvalue weighted by atomic mass is 9.89.